The number of alkyl halides is 3. The van der Waals surface area contributed by atoms with Crippen LogP contribution in [0, 0.1) is 0 Å². The van der Waals surface area contributed by atoms with Crippen LogP contribution in [-0.2, 0) is 14.3 Å². The molecule has 2 heterocycles. The van der Waals surface area contributed by atoms with E-state index in [1.165, 1.54) is 29.2 Å². The predicted octanol–water partition coefficient (Wildman–Crippen LogP) is 3.13. The number of amides is 1. The summed E-state index contributed by atoms with van der Waals surface area (Å²) in [4.78, 5) is 27.6. The minimum Gasteiger partial charge on any atom is -0.464 e. The van der Waals surface area contributed by atoms with E-state index in [2.05, 4.69) is 10.1 Å². The quantitative estimate of drug-likeness (QED) is 0.529. The van der Waals surface area contributed by atoms with Crippen molar-refractivity contribution >= 4 is 35.1 Å². The van der Waals surface area contributed by atoms with Gasteiger partial charge in [0.1, 0.15) is 12.4 Å². The maximum absolute atomic E-state index is 12.2. The lowest BCUT2D eigenvalue weighted by molar-refractivity contribution is -0.274. The Balaban J connectivity index is 1.52. The van der Waals surface area contributed by atoms with Gasteiger partial charge in [0.05, 0.1) is 6.61 Å². The van der Waals surface area contributed by atoms with Crippen LogP contribution in [0.4, 0.5) is 23.7 Å². The average molecular weight is 461 g/mol. The highest BCUT2D eigenvalue weighted by Crippen LogP contribution is 2.26. The fourth-order valence-electron chi connectivity index (χ4n) is 3.55. The molecule has 3 rings (SSSR count). The van der Waals surface area contributed by atoms with Crippen molar-refractivity contribution in [1.82, 2.24) is 9.80 Å². The van der Waals surface area contributed by atoms with Crippen molar-refractivity contribution < 1.29 is 37.0 Å². The van der Waals surface area contributed by atoms with Crippen molar-refractivity contribution in [2.75, 3.05) is 31.6 Å². The SMILES string of the molecule is CCOC(=O)[C@@H]1COC(=O)N1C1CCN(C(=S)Nc2ccc(OC(F)(F)F)cc2)CC1. The smallest absolute Gasteiger partial charge is 0.464 e. The zero-order valence-electron chi connectivity index (χ0n) is 16.7. The molecule has 0 aliphatic carbocycles. The number of ether oxygens (including phenoxy) is 3. The van der Waals surface area contributed by atoms with Crippen molar-refractivity contribution in [2.24, 2.45) is 0 Å². The molecule has 1 amide bonds. The molecule has 1 atom stereocenters. The maximum Gasteiger partial charge on any atom is 0.573 e. The number of halogens is 3. The molecule has 2 aliphatic heterocycles. The molecule has 31 heavy (non-hydrogen) atoms. The summed E-state index contributed by atoms with van der Waals surface area (Å²) >= 11 is 5.40. The second-order valence-electron chi connectivity index (χ2n) is 6.97. The van der Waals surface area contributed by atoms with Crippen LogP contribution in [0.3, 0.4) is 0 Å². The summed E-state index contributed by atoms with van der Waals surface area (Å²) < 4.78 is 50.7. The summed E-state index contributed by atoms with van der Waals surface area (Å²) in [5.74, 6) is -0.802. The van der Waals surface area contributed by atoms with Gasteiger partial charge in [0.2, 0.25) is 0 Å². The third-order valence-electron chi connectivity index (χ3n) is 4.95. The van der Waals surface area contributed by atoms with Gasteiger partial charge in [-0.25, -0.2) is 9.59 Å². The van der Waals surface area contributed by atoms with Gasteiger partial charge in [0, 0.05) is 24.8 Å². The Morgan fingerprint density at radius 3 is 2.48 bits per heavy atom. The summed E-state index contributed by atoms with van der Waals surface area (Å²) in [6.45, 7) is 2.96. The minimum atomic E-state index is -4.75. The maximum atomic E-state index is 12.2. The molecule has 2 aliphatic rings. The second kappa shape index (κ2) is 9.58. The monoisotopic (exact) mass is 461 g/mol. The largest absolute Gasteiger partial charge is 0.573 e. The molecular formula is C19H22F3N3O5S. The summed E-state index contributed by atoms with van der Waals surface area (Å²) in [6, 6.07) is 4.33. The fraction of sp³-hybridized carbons (Fsp3) is 0.526. The number of anilines is 1. The molecule has 170 valence electrons. The lowest BCUT2D eigenvalue weighted by Gasteiger charge is -2.38. The zero-order valence-corrected chi connectivity index (χ0v) is 17.5. The Bertz CT molecular complexity index is 813. The molecule has 8 nitrogen and oxygen atoms in total. The van der Waals surface area contributed by atoms with Crippen molar-refractivity contribution in [3.05, 3.63) is 24.3 Å². The first-order valence-electron chi connectivity index (χ1n) is 9.71. The number of likely N-dealkylation sites (tertiary alicyclic amines) is 1. The van der Waals surface area contributed by atoms with Gasteiger partial charge in [-0.3, -0.25) is 4.90 Å². The Morgan fingerprint density at radius 2 is 1.90 bits per heavy atom. The first-order chi connectivity index (χ1) is 14.7. The second-order valence-corrected chi connectivity index (χ2v) is 7.36. The molecule has 2 saturated heterocycles. The van der Waals surface area contributed by atoms with Gasteiger partial charge in [-0.15, -0.1) is 13.2 Å². The molecule has 2 fully saturated rings. The third-order valence-corrected chi connectivity index (χ3v) is 5.31. The number of hydrogen-bond acceptors (Lipinski definition) is 6. The lowest BCUT2D eigenvalue weighted by Crippen LogP contribution is -2.52. The third kappa shape index (κ3) is 5.90. The Hall–Kier alpha value is -2.76. The first-order valence-corrected chi connectivity index (χ1v) is 10.1. The molecule has 0 bridgehead atoms. The number of rotatable bonds is 5. The van der Waals surface area contributed by atoms with Gasteiger partial charge in [0.15, 0.2) is 11.2 Å². The number of cyclic esters (lactones) is 1. The van der Waals surface area contributed by atoms with Crippen molar-refractivity contribution in [3.63, 3.8) is 0 Å². The summed E-state index contributed by atoms with van der Waals surface area (Å²) in [6.07, 6.45) is -4.13. The number of carbonyl (C=O) groups excluding carboxylic acids is 2. The van der Waals surface area contributed by atoms with Crippen LogP contribution in [0.15, 0.2) is 24.3 Å². The van der Waals surface area contributed by atoms with E-state index in [1.54, 1.807) is 6.92 Å². The standard InChI is InChI=1S/C19H22F3N3O5S/c1-2-28-16(26)15-11-29-18(27)25(15)13-7-9-24(10-8-13)17(31)23-12-3-5-14(6-4-12)30-19(20,21)22/h3-6,13,15H,2,7-11H2,1H3,(H,23,31)/t15-/m0/s1. The fourth-order valence-corrected chi connectivity index (χ4v) is 3.85. The molecule has 12 heteroatoms. The molecule has 0 radical (unpaired) electrons. The van der Waals surface area contributed by atoms with E-state index in [0.717, 1.165) is 0 Å². The highest BCUT2D eigenvalue weighted by Gasteiger charge is 2.44. The van der Waals surface area contributed by atoms with E-state index >= 15 is 0 Å². The zero-order chi connectivity index (χ0) is 22.6. The van der Waals surface area contributed by atoms with Crippen LogP contribution in [0.25, 0.3) is 0 Å². The Labute approximate surface area is 182 Å². The summed E-state index contributed by atoms with van der Waals surface area (Å²) in [7, 11) is 0. The van der Waals surface area contributed by atoms with E-state index in [4.69, 9.17) is 21.7 Å². The van der Waals surface area contributed by atoms with E-state index in [1.807, 2.05) is 4.90 Å². The van der Waals surface area contributed by atoms with Crippen molar-refractivity contribution in [3.8, 4) is 5.75 Å². The number of thiocarbonyl (C=S) groups is 1. The van der Waals surface area contributed by atoms with Gasteiger partial charge in [0.25, 0.3) is 0 Å². The number of piperidine rings is 1. The molecule has 0 aromatic heterocycles. The number of esters is 1. The van der Waals surface area contributed by atoms with Gasteiger partial charge in [-0.05, 0) is 56.2 Å². The average Bonchev–Trinajstić information content (AvgIpc) is 3.10. The van der Waals surface area contributed by atoms with Crippen molar-refractivity contribution in [1.29, 1.82) is 0 Å². The van der Waals surface area contributed by atoms with E-state index in [0.29, 0.717) is 36.7 Å². The highest BCUT2D eigenvalue weighted by atomic mass is 32.1. The molecular weight excluding hydrogens is 439 g/mol. The molecule has 1 aromatic rings. The van der Waals surface area contributed by atoms with Gasteiger partial charge in [-0.2, -0.15) is 0 Å². The van der Waals surface area contributed by atoms with Gasteiger partial charge >= 0.3 is 18.4 Å². The van der Waals surface area contributed by atoms with Crippen LogP contribution < -0.4 is 10.1 Å². The van der Waals surface area contributed by atoms with Crippen molar-refractivity contribution in [2.45, 2.75) is 38.2 Å². The van der Waals surface area contributed by atoms with Gasteiger partial charge < -0.3 is 24.4 Å². The van der Waals surface area contributed by atoms with E-state index in [-0.39, 0.29) is 25.0 Å². The molecule has 1 aromatic carbocycles. The summed E-state index contributed by atoms with van der Waals surface area (Å²) in [5.41, 5.74) is 0.521. The molecule has 1 N–H and O–H groups in total. The predicted molar refractivity (Wildman–Crippen MR) is 108 cm³/mol. The number of nitrogens with zero attached hydrogens (tertiary/aromatic N) is 2. The number of benzene rings is 1. The minimum absolute atomic E-state index is 0.0219. The topological polar surface area (TPSA) is 80.3 Å². The van der Waals surface area contributed by atoms with Crippen LogP contribution in [0.1, 0.15) is 19.8 Å². The first kappa shape index (κ1) is 22.9. The molecule has 0 unspecified atom stereocenters. The lowest BCUT2D eigenvalue weighted by atomic mass is 10.0. The Morgan fingerprint density at radius 1 is 1.26 bits per heavy atom. The van der Waals surface area contributed by atoms with E-state index < -0.39 is 24.5 Å². The summed E-state index contributed by atoms with van der Waals surface area (Å²) in [5, 5.41) is 3.39. The highest BCUT2D eigenvalue weighted by molar-refractivity contribution is 7.80. The van der Waals surface area contributed by atoms with E-state index in [9.17, 15) is 22.8 Å². The molecule has 0 spiro atoms. The number of hydrogen-bond donors (Lipinski definition) is 1. The van der Waals surface area contributed by atoms with Crippen LogP contribution in [-0.4, -0.2) is 71.7 Å². The molecule has 0 saturated carbocycles. The Kier molecular flexibility index (Phi) is 7.08. The number of carbonyl (C=O) groups is 2. The van der Waals surface area contributed by atoms with Crippen LogP contribution >= 0.6 is 12.2 Å². The van der Waals surface area contributed by atoms with Crippen LogP contribution in [0.2, 0.25) is 0 Å². The van der Waals surface area contributed by atoms with Gasteiger partial charge in [-0.1, -0.05) is 0 Å². The normalized spacial score (nSPS) is 19.7. The number of nitrogens with one attached hydrogen (secondary N) is 1. The van der Waals surface area contributed by atoms with Crippen LogP contribution in [0.5, 0.6) is 5.75 Å².